The van der Waals surface area contributed by atoms with Gasteiger partial charge in [0.05, 0.1) is 18.5 Å². The Morgan fingerprint density at radius 1 is 1.14 bits per heavy atom. The van der Waals surface area contributed by atoms with Gasteiger partial charge in [0.15, 0.2) is 11.5 Å². The van der Waals surface area contributed by atoms with Crippen LogP contribution in [0.25, 0.3) is 11.2 Å². The fourth-order valence-electron chi connectivity index (χ4n) is 2.64. The summed E-state index contributed by atoms with van der Waals surface area (Å²) in [6.45, 7) is 1.50. The summed E-state index contributed by atoms with van der Waals surface area (Å²) in [6, 6.07) is 0. The van der Waals surface area contributed by atoms with Crippen molar-refractivity contribution in [1.82, 2.24) is 19.5 Å². The van der Waals surface area contributed by atoms with E-state index < -0.39 is 41.9 Å². The normalized spacial score (nSPS) is 27.0. The first-order valence-corrected chi connectivity index (χ1v) is 12.2. The third kappa shape index (κ3) is 5.45. The van der Waals surface area contributed by atoms with Crippen molar-refractivity contribution < 1.29 is 51.2 Å². The molecule has 0 bridgehead atoms. The van der Waals surface area contributed by atoms with Crippen LogP contribution in [0.2, 0.25) is 0 Å². The van der Waals surface area contributed by atoms with Gasteiger partial charge < -0.3 is 30.0 Å². The molecule has 5 atom stereocenters. The van der Waals surface area contributed by atoms with Gasteiger partial charge in [-0.25, -0.2) is 28.6 Å². The fraction of sp³-hybridized carbons (Fsp3) is 0.500. The SMILES string of the molecule is CC1O[C@@H](n2cnc3c(N)ncnc32)C[C@H]1OP(=O)(O)OP(=O)(O)OP(=O)(O)O. The van der Waals surface area contributed by atoms with Crippen LogP contribution in [0.5, 0.6) is 0 Å². The molecule has 16 nitrogen and oxygen atoms in total. The molecule has 0 amide bonds. The summed E-state index contributed by atoms with van der Waals surface area (Å²) in [5, 5.41) is 0. The maximum Gasteiger partial charge on any atom is 0.490 e. The highest BCUT2D eigenvalue weighted by Gasteiger charge is 2.45. The van der Waals surface area contributed by atoms with Crippen molar-refractivity contribution in [3.05, 3.63) is 12.7 Å². The zero-order valence-corrected chi connectivity index (χ0v) is 17.1. The Labute approximate surface area is 162 Å². The van der Waals surface area contributed by atoms with Crippen molar-refractivity contribution in [2.45, 2.75) is 31.8 Å². The number of nitrogens with zero attached hydrogens (tertiary/aromatic N) is 4. The predicted molar refractivity (Wildman–Crippen MR) is 92.7 cm³/mol. The lowest BCUT2D eigenvalue weighted by molar-refractivity contribution is -0.00651. The Bertz CT molecular complexity index is 1060. The van der Waals surface area contributed by atoms with Crippen LogP contribution in [0.4, 0.5) is 5.82 Å². The zero-order valence-electron chi connectivity index (χ0n) is 14.4. The second-order valence-electron chi connectivity index (χ2n) is 5.85. The highest BCUT2D eigenvalue weighted by atomic mass is 31.3. The number of hydrogen-bond donors (Lipinski definition) is 5. The molecule has 3 unspecified atom stereocenters. The van der Waals surface area contributed by atoms with Crippen molar-refractivity contribution in [2.75, 3.05) is 5.73 Å². The third-order valence-electron chi connectivity index (χ3n) is 3.71. The Balaban J connectivity index is 1.72. The Morgan fingerprint density at radius 2 is 1.83 bits per heavy atom. The largest absolute Gasteiger partial charge is 0.490 e. The van der Waals surface area contributed by atoms with Gasteiger partial charge in [0, 0.05) is 6.42 Å². The van der Waals surface area contributed by atoms with Crippen molar-refractivity contribution in [1.29, 1.82) is 0 Å². The predicted octanol–water partition coefficient (Wildman–Crippen LogP) is 0.428. The van der Waals surface area contributed by atoms with Crippen LogP contribution < -0.4 is 5.73 Å². The van der Waals surface area contributed by atoms with Crippen molar-refractivity contribution in [3.63, 3.8) is 0 Å². The highest BCUT2D eigenvalue weighted by Crippen LogP contribution is 2.67. The van der Waals surface area contributed by atoms with Gasteiger partial charge in [0.2, 0.25) is 0 Å². The molecule has 19 heteroatoms. The smallest absolute Gasteiger partial charge is 0.382 e. The molecule has 1 fully saturated rings. The van der Waals surface area contributed by atoms with Crippen LogP contribution in [-0.2, 0) is 31.6 Å². The Kier molecular flexibility index (Phi) is 6.00. The second-order valence-corrected chi connectivity index (χ2v) is 10.2. The quantitative estimate of drug-likeness (QED) is 0.341. The number of hydrogen-bond acceptors (Lipinski definition) is 11. The van der Waals surface area contributed by atoms with Gasteiger partial charge in [-0.3, -0.25) is 9.09 Å². The maximum absolute atomic E-state index is 12.0. The molecule has 0 radical (unpaired) electrons. The van der Waals surface area contributed by atoms with Crippen LogP contribution >= 0.6 is 23.5 Å². The first kappa shape index (κ1) is 22.4. The van der Waals surface area contributed by atoms with E-state index in [2.05, 4.69) is 23.6 Å². The molecule has 0 saturated carbocycles. The van der Waals surface area contributed by atoms with E-state index in [1.807, 2.05) is 0 Å². The average Bonchev–Trinajstić information content (AvgIpc) is 3.08. The summed E-state index contributed by atoms with van der Waals surface area (Å²) in [7, 11) is -16.4. The molecular weight excluding hydrogens is 459 g/mol. The van der Waals surface area contributed by atoms with E-state index in [9.17, 15) is 23.5 Å². The molecule has 0 spiro atoms. The summed E-state index contributed by atoms with van der Waals surface area (Å²) in [5.74, 6) is 0.143. The number of nitrogen functional groups attached to an aromatic ring is 1. The summed E-state index contributed by atoms with van der Waals surface area (Å²) >= 11 is 0. The third-order valence-corrected chi connectivity index (χ3v) is 7.58. The molecule has 0 aromatic carbocycles. The number of aromatic nitrogens is 4. The molecule has 2 aromatic heterocycles. The van der Waals surface area contributed by atoms with Crippen LogP contribution in [0.3, 0.4) is 0 Å². The number of nitrogens with two attached hydrogens (primary N) is 1. The van der Waals surface area contributed by atoms with Crippen LogP contribution in [0.15, 0.2) is 12.7 Å². The number of phosphoric acid groups is 3. The number of ether oxygens (including phenoxy) is 1. The van der Waals surface area contributed by atoms with Crippen molar-refractivity contribution in [3.8, 4) is 0 Å². The molecule has 1 aliphatic heterocycles. The van der Waals surface area contributed by atoms with E-state index in [-0.39, 0.29) is 12.2 Å². The summed E-state index contributed by atoms with van der Waals surface area (Å²) in [6.07, 6.45) is -0.0805. The molecule has 2 aromatic rings. The summed E-state index contributed by atoms with van der Waals surface area (Å²) in [4.78, 5) is 47.9. The molecular formula is C10H16N5O11P3. The number of anilines is 1. The van der Waals surface area contributed by atoms with E-state index in [1.54, 1.807) is 0 Å². The lowest BCUT2D eigenvalue weighted by atomic mass is 10.2. The van der Waals surface area contributed by atoms with Crippen molar-refractivity contribution in [2.24, 2.45) is 0 Å². The van der Waals surface area contributed by atoms with Crippen molar-refractivity contribution >= 4 is 40.4 Å². The first-order chi connectivity index (χ1) is 13.3. The Hall–Kier alpha value is -1.28. The number of phosphoric ester groups is 1. The van der Waals surface area contributed by atoms with E-state index in [0.717, 1.165) is 0 Å². The van der Waals surface area contributed by atoms with E-state index in [4.69, 9.17) is 24.8 Å². The molecule has 3 heterocycles. The molecule has 3 rings (SSSR count). The van der Waals surface area contributed by atoms with Crippen LogP contribution in [-0.4, -0.2) is 51.3 Å². The molecule has 1 aliphatic rings. The number of imidazole rings is 1. The summed E-state index contributed by atoms with van der Waals surface area (Å²) < 4.78 is 53.4. The van der Waals surface area contributed by atoms with Gasteiger partial charge in [-0.05, 0) is 6.92 Å². The second kappa shape index (κ2) is 7.76. The van der Waals surface area contributed by atoms with E-state index >= 15 is 0 Å². The van der Waals surface area contributed by atoms with Gasteiger partial charge >= 0.3 is 23.5 Å². The molecule has 0 aliphatic carbocycles. The minimum atomic E-state index is -5.60. The standard InChI is InChI=1S/C10H16N5O11P3/c1-5-6(24-28(19,20)26-29(21,22)25-27(16,17)18)2-7(23-5)15-4-14-8-9(11)12-3-13-10(8)15/h3-7H,2H2,1H3,(H,19,20)(H,21,22)(H2,11,12,13)(H2,16,17,18)/t5?,6-,7-/m1/s1. The zero-order chi connectivity index (χ0) is 21.6. The van der Waals surface area contributed by atoms with Gasteiger partial charge in [-0.15, -0.1) is 0 Å². The molecule has 6 N–H and O–H groups in total. The summed E-state index contributed by atoms with van der Waals surface area (Å²) in [5.41, 5.74) is 6.37. The van der Waals surface area contributed by atoms with Crippen LogP contribution in [0.1, 0.15) is 19.6 Å². The molecule has 162 valence electrons. The number of fused-ring (bicyclic) bond motifs is 1. The highest BCUT2D eigenvalue weighted by molar-refractivity contribution is 7.66. The van der Waals surface area contributed by atoms with Gasteiger partial charge in [0.1, 0.15) is 18.1 Å². The molecule has 29 heavy (non-hydrogen) atoms. The lowest BCUT2D eigenvalue weighted by Crippen LogP contribution is -2.20. The average molecular weight is 475 g/mol. The van der Waals surface area contributed by atoms with Crippen LogP contribution in [0, 0.1) is 0 Å². The van der Waals surface area contributed by atoms with E-state index in [0.29, 0.717) is 11.2 Å². The minimum Gasteiger partial charge on any atom is -0.382 e. The van der Waals surface area contributed by atoms with E-state index in [1.165, 1.54) is 24.1 Å². The lowest BCUT2D eigenvalue weighted by Gasteiger charge is -2.20. The minimum absolute atomic E-state index is 0.0282. The van der Waals surface area contributed by atoms with Gasteiger partial charge in [-0.2, -0.15) is 8.62 Å². The fourth-order valence-corrected chi connectivity index (χ4v) is 5.90. The maximum atomic E-state index is 12.0. The van der Waals surface area contributed by atoms with Gasteiger partial charge in [-0.1, -0.05) is 0 Å². The first-order valence-electron chi connectivity index (χ1n) is 7.67. The number of rotatable bonds is 7. The Morgan fingerprint density at radius 3 is 2.48 bits per heavy atom. The monoisotopic (exact) mass is 475 g/mol. The molecule has 1 saturated heterocycles. The van der Waals surface area contributed by atoms with Gasteiger partial charge in [0.25, 0.3) is 0 Å². The topological polar surface area (TPSA) is 239 Å².